The van der Waals surface area contributed by atoms with Crippen LogP contribution >= 0.6 is 0 Å². The lowest BCUT2D eigenvalue weighted by Gasteiger charge is -2.35. The third-order valence-corrected chi connectivity index (χ3v) is 6.03. The Morgan fingerprint density at radius 3 is 2.62 bits per heavy atom. The van der Waals surface area contributed by atoms with Gasteiger partial charge in [-0.3, -0.25) is 0 Å². The number of rotatable bonds is 5. The minimum Gasteiger partial charge on any atom is -0.497 e. The van der Waals surface area contributed by atoms with E-state index in [0.29, 0.717) is 49.9 Å². The van der Waals surface area contributed by atoms with Crippen molar-refractivity contribution in [1.29, 1.82) is 5.26 Å². The second kappa shape index (κ2) is 7.45. The van der Waals surface area contributed by atoms with E-state index in [4.69, 9.17) is 4.74 Å². The van der Waals surface area contributed by atoms with Gasteiger partial charge in [-0.1, -0.05) is 6.92 Å². The van der Waals surface area contributed by atoms with Gasteiger partial charge in [-0.25, -0.2) is 9.71 Å². The molecule has 26 heavy (non-hydrogen) atoms. The minimum atomic E-state index is -3.44. The normalized spacial score (nSPS) is 15.8. The highest BCUT2D eigenvalue weighted by atomic mass is 32.2. The first-order valence-electron chi connectivity index (χ1n) is 8.37. The van der Waals surface area contributed by atoms with Crippen molar-refractivity contribution < 1.29 is 13.2 Å². The maximum atomic E-state index is 12.1. The topological polar surface area (TPSA) is 98.6 Å². The summed E-state index contributed by atoms with van der Waals surface area (Å²) in [6.45, 7) is 3.77. The molecule has 1 fully saturated rings. The van der Waals surface area contributed by atoms with Crippen molar-refractivity contribution in [3.8, 4) is 11.8 Å². The standard InChI is InChI=1S/C17H21N5O3S/c1-3-19-26(23,24)22-8-6-21(7-9-22)17-14(12-18)10-13-11-15(25-2)4-5-16(13)20-17/h4-5,10-11,19H,3,6-9H2,1-2H3. The highest BCUT2D eigenvalue weighted by Gasteiger charge is 2.27. The van der Waals surface area contributed by atoms with Gasteiger partial charge in [-0.05, 0) is 24.3 Å². The Labute approximate surface area is 153 Å². The van der Waals surface area contributed by atoms with Crippen molar-refractivity contribution in [3.63, 3.8) is 0 Å². The zero-order valence-corrected chi connectivity index (χ0v) is 15.6. The zero-order valence-electron chi connectivity index (χ0n) is 14.8. The van der Waals surface area contributed by atoms with E-state index in [1.165, 1.54) is 4.31 Å². The van der Waals surface area contributed by atoms with Gasteiger partial charge < -0.3 is 9.64 Å². The van der Waals surface area contributed by atoms with Crippen molar-refractivity contribution in [1.82, 2.24) is 14.0 Å². The van der Waals surface area contributed by atoms with Crippen LogP contribution < -0.4 is 14.4 Å². The van der Waals surface area contributed by atoms with Crippen LogP contribution in [0.1, 0.15) is 12.5 Å². The van der Waals surface area contributed by atoms with E-state index < -0.39 is 10.2 Å². The first kappa shape index (κ1) is 18.4. The molecule has 1 aliphatic heterocycles. The maximum absolute atomic E-state index is 12.1. The van der Waals surface area contributed by atoms with Crippen molar-refractivity contribution in [3.05, 3.63) is 29.8 Å². The Kier molecular flexibility index (Phi) is 5.27. The van der Waals surface area contributed by atoms with Crippen LogP contribution in [0.3, 0.4) is 0 Å². The quantitative estimate of drug-likeness (QED) is 0.840. The molecule has 2 heterocycles. The van der Waals surface area contributed by atoms with Crippen LogP contribution in [0.5, 0.6) is 5.75 Å². The molecule has 1 saturated heterocycles. The monoisotopic (exact) mass is 375 g/mol. The summed E-state index contributed by atoms with van der Waals surface area (Å²) in [5, 5.41) is 10.4. The number of benzene rings is 1. The number of hydrogen-bond acceptors (Lipinski definition) is 6. The second-order valence-corrected chi connectivity index (χ2v) is 7.67. The van der Waals surface area contributed by atoms with Crippen LogP contribution in [-0.4, -0.2) is 57.5 Å². The number of piperazine rings is 1. The van der Waals surface area contributed by atoms with Crippen molar-refractivity contribution in [2.75, 3.05) is 44.7 Å². The highest BCUT2D eigenvalue weighted by Crippen LogP contribution is 2.27. The summed E-state index contributed by atoms with van der Waals surface area (Å²) in [6.07, 6.45) is 0. The van der Waals surface area contributed by atoms with Gasteiger partial charge >= 0.3 is 0 Å². The number of pyridine rings is 1. The average Bonchev–Trinajstić information content (AvgIpc) is 2.66. The van der Waals surface area contributed by atoms with Crippen molar-refractivity contribution >= 4 is 26.9 Å². The van der Waals surface area contributed by atoms with Crippen molar-refractivity contribution in [2.45, 2.75) is 6.92 Å². The lowest BCUT2D eigenvalue weighted by molar-refractivity contribution is 0.378. The van der Waals surface area contributed by atoms with Gasteiger partial charge in [0.05, 0.1) is 18.2 Å². The van der Waals surface area contributed by atoms with Gasteiger partial charge in [-0.2, -0.15) is 18.0 Å². The largest absolute Gasteiger partial charge is 0.497 e. The Morgan fingerprint density at radius 2 is 2.00 bits per heavy atom. The smallest absolute Gasteiger partial charge is 0.279 e. The summed E-state index contributed by atoms with van der Waals surface area (Å²) in [5.41, 5.74) is 1.23. The molecule has 2 aromatic rings. The number of aromatic nitrogens is 1. The van der Waals surface area contributed by atoms with E-state index in [-0.39, 0.29) is 0 Å². The molecule has 8 nitrogen and oxygen atoms in total. The molecule has 0 unspecified atom stereocenters. The average molecular weight is 375 g/mol. The molecule has 9 heteroatoms. The van der Waals surface area contributed by atoms with Gasteiger partial charge in [0.25, 0.3) is 10.2 Å². The molecular formula is C17H21N5O3S. The van der Waals surface area contributed by atoms with Crippen LogP contribution in [0.2, 0.25) is 0 Å². The van der Waals surface area contributed by atoms with Crippen molar-refractivity contribution in [2.24, 2.45) is 0 Å². The molecule has 0 atom stereocenters. The molecule has 1 aromatic carbocycles. The number of anilines is 1. The molecule has 1 aromatic heterocycles. The van der Waals surface area contributed by atoms with E-state index in [1.54, 1.807) is 20.1 Å². The Morgan fingerprint density at radius 1 is 1.27 bits per heavy atom. The van der Waals surface area contributed by atoms with Gasteiger partial charge in [0.1, 0.15) is 17.6 Å². The van der Waals surface area contributed by atoms with E-state index >= 15 is 0 Å². The number of fused-ring (bicyclic) bond motifs is 1. The van der Waals surface area contributed by atoms with Crippen LogP contribution in [0, 0.1) is 11.3 Å². The summed E-state index contributed by atoms with van der Waals surface area (Å²) in [7, 11) is -1.85. The van der Waals surface area contributed by atoms with Crippen LogP contribution in [-0.2, 0) is 10.2 Å². The molecule has 0 aliphatic carbocycles. The van der Waals surface area contributed by atoms with E-state index in [1.807, 2.05) is 23.1 Å². The number of hydrogen-bond donors (Lipinski definition) is 1. The van der Waals surface area contributed by atoms with E-state index in [9.17, 15) is 13.7 Å². The number of nitrogens with zero attached hydrogens (tertiary/aromatic N) is 4. The van der Waals surface area contributed by atoms with E-state index in [0.717, 1.165) is 10.9 Å². The fourth-order valence-corrected chi connectivity index (χ4v) is 4.20. The number of ether oxygens (including phenoxy) is 1. The predicted octanol–water partition coefficient (Wildman–Crippen LogP) is 1.09. The molecule has 138 valence electrons. The summed E-state index contributed by atoms with van der Waals surface area (Å²) in [5.74, 6) is 1.30. The Hall–Kier alpha value is -2.41. The number of nitrogens with one attached hydrogen (secondary N) is 1. The van der Waals surface area contributed by atoms with E-state index in [2.05, 4.69) is 15.8 Å². The molecular weight excluding hydrogens is 354 g/mol. The predicted molar refractivity (Wildman–Crippen MR) is 99.4 cm³/mol. The summed E-state index contributed by atoms with van der Waals surface area (Å²) in [6, 6.07) is 9.51. The Bertz CT molecular complexity index is 947. The number of nitriles is 1. The van der Waals surface area contributed by atoms with Gasteiger partial charge in [-0.15, -0.1) is 0 Å². The first-order valence-corrected chi connectivity index (χ1v) is 9.81. The zero-order chi connectivity index (χ0) is 18.7. The summed E-state index contributed by atoms with van der Waals surface area (Å²) >= 11 is 0. The highest BCUT2D eigenvalue weighted by molar-refractivity contribution is 7.87. The molecule has 0 spiro atoms. The molecule has 3 rings (SSSR count). The fourth-order valence-electron chi connectivity index (χ4n) is 3.01. The lowest BCUT2D eigenvalue weighted by atomic mass is 10.1. The third-order valence-electron chi connectivity index (χ3n) is 4.33. The number of methoxy groups -OCH3 is 1. The SMILES string of the molecule is CCNS(=O)(=O)N1CCN(c2nc3ccc(OC)cc3cc2C#N)CC1. The maximum Gasteiger partial charge on any atom is 0.279 e. The fraction of sp³-hybridized carbons (Fsp3) is 0.412. The van der Waals surface area contributed by atoms with Gasteiger partial charge in [0.2, 0.25) is 0 Å². The van der Waals surface area contributed by atoms with Gasteiger partial charge in [0, 0.05) is 38.1 Å². The van der Waals surface area contributed by atoms with Crippen LogP contribution in [0.15, 0.2) is 24.3 Å². The molecule has 0 bridgehead atoms. The summed E-state index contributed by atoms with van der Waals surface area (Å²) < 4.78 is 33.3. The molecule has 1 N–H and O–H groups in total. The molecule has 0 saturated carbocycles. The second-order valence-electron chi connectivity index (χ2n) is 5.92. The molecule has 0 radical (unpaired) electrons. The minimum absolute atomic E-state index is 0.350. The first-order chi connectivity index (χ1) is 12.5. The third kappa shape index (κ3) is 3.58. The molecule has 1 aliphatic rings. The van der Waals surface area contributed by atoms with Crippen LogP contribution in [0.4, 0.5) is 5.82 Å². The summed E-state index contributed by atoms with van der Waals surface area (Å²) in [4.78, 5) is 6.59. The van der Waals surface area contributed by atoms with Gasteiger partial charge in [0.15, 0.2) is 0 Å². The Balaban J connectivity index is 1.86. The molecule has 0 amide bonds. The van der Waals surface area contributed by atoms with Crippen LogP contribution in [0.25, 0.3) is 10.9 Å². The lowest BCUT2D eigenvalue weighted by Crippen LogP contribution is -2.52.